The maximum atomic E-state index is 14.0. The number of hydrogen-bond acceptors (Lipinski definition) is 10. The van der Waals surface area contributed by atoms with Gasteiger partial charge in [0.05, 0.1) is 31.8 Å². The number of hydrogen-bond donors (Lipinski definition) is 4. The lowest BCUT2D eigenvalue weighted by atomic mass is 9.52. The third-order valence-corrected chi connectivity index (χ3v) is 8.87. The van der Waals surface area contributed by atoms with E-state index >= 15 is 0 Å². The van der Waals surface area contributed by atoms with E-state index in [2.05, 4.69) is 0 Å². The van der Waals surface area contributed by atoms with Gasteiger partial charge in [0.1, 0.15) is 23.2 Å². The number of primary amides is 1. The molecule has 212 valence electrons. The van der Waals surface area contributed by atoms with E-state index in [0.29, 0.717) is 28.2 Å². The van der Waals surface area contributed by atoms with Gasteiger partial charge in [0.15, 0.2) is 23.0 Å². The first-order valence-corrected chi connectivity index (χ1v) is 12.9. The van der Waals surface area contributed by atoms with Crippen LogP contribution in [-0.2, 0) is 20.8 Å². The highest BCUT2D eigenvalue weighted by molar-refractivity contribution is 6.25. The number of rotatable bonds is 5. The van der Waals surface area contributed by atoms with Crippen LogP contribution in [0.4, 0.5) is 0 Å². The monoisotopic (exact) mass is 552 g/mol. The highest BCUT2D eigenvalue weighted by Gasteiger charge is 2.69. The van der Waals surface area contributed by atoms with E-state index in [1.807, 2.05) is 0 Å². The molecule has 0 bridgehead atoms. The lowest BCUT2D eigenvalue weighted by Gasteiger charge is -2.54. The molecule has 11 nitrogen and oxygen atoms in total. The largest absolute Gasteiger partial charge is 0.507 e. The van der Waals surface area contributed by atoms with Gasteiger partial charge in [-0.05, 0) is 68.2 Å². The summed E-state index contributed by atoms with van der Waals surface area (Å²) in [7, 11) is 6.23. The summed E-state index contributed by atoms with van der Waals surface area (Å²) in [5.41, 5.74) is 4.35. The molecule has 0 saturated heterocycles. The molecule has 7 atom stereocenters. The van der Waals surface area contributed by atoms with Gasteiger partial charge in [-0.25, -0.2) is 0 Å². The number of methoxy groups -OCH3 is 2. The van der Waals surface area contributed by atoms with Crippen molar-refractivity contribution in [2.75, 3.05) is 28.3 Å². The van der Waals surface area contributed by atoms with Crippen LogP contribution in [0, 0.1) is 23.7 Å². The van der Waals surface area contributed by atoms with Crippen molar-refractivity contribution >= 4 is 23.3 Å². The van der Waals surface area contributed by atoms with Gasteiger partial charge in [0.2, 0.25) is 5.91 Å². The van der Waals surface area contributed by atoms with Crippen LogP contribution < -0.4 is 15.2 Å². The molecular weight excluding hydrogens is 520 g/mol. The molecule has 2 aromatic carbocycles. The number of carbonyl (C=O) groups excluding carboxylic acids is 4. The number of phenols is 1. The summed E-state index contributed by atoms with van der Waals surface area (Å²) in [4.78, 5) is 55.1. The molecule has 1 amide bonds. The summed E-state index contributed by atoms with van der Waals surface area (Å²) in [6.07, 6.45) is -1.36. The summed E-state index contributed by atoms with van der Waals surface area (Å²) in [6, 6.07) is 7.23. The van der Waals surface area contributed by atoms with Crippen LogP contribution in [0.3, 0.4) is 0 Å². The number of phenolic OH excluding ortho intramolecular Hbond substituents is 1. The Morgan fingerprint density at radius 2 is 1.75 bits per heavy atom. The quantitative estimate of drug-likeness (QED) is 0.378. The second-order valence-electron chi connectivity index (χ2n) is 11.0. The minimum Gasteiger partial charge on any atom is -0.507 e. The summed E-state index contributed by atoms with van der Waals surface area (Å²) < 4.78 is 10.9. The number of aliphatic hydroxyl groups is 2. The zero-order valence-corrected chi connectivity index (χ0v) is 22.6. The third kappa shape index (κ3) is 3.75. The average Bonchev–Trinajstić information content (AvgIpc) is 2.90. The molecule has 5 rings (SSSR count). The first-order valence-electron chi connectivity index (χ1n) is 12.9. The number of carbonyl (C=O) groups is 4. The number of nitrogens with zero attached hydrogens (tertiary/aromatic N) is 1. The lowest BCUT2D eigenvalue weighted by Crippen LogP contribution is -2.75. The van der Waals surface area contributed by atoms with Crippen molar-refractivity contribution in [2.45, 2.75) is 30.6 Å². The van der Waals surface area contributed by atoms with Crippen molar-refractivity contribution in [1.82, 2.24) is 4.90 Å². The van der Waals surface area contributed by atoms with Gasteiger partial charge in [0.25, 0.3) is 0 Å². The predicted molar refractivity (Wildman–Crippen MR) is 141 cm³/mol. The van der Waals surface area contributed by atoms with Crippen LogP contribution in [0.15, 0.2) is 30.3 Å². The SMILES string of the molecule is COc1ccc(OC)c(-c2ccc(O)c3c2C[C@@H]2C[C@@H]4[C@@H](N(C)C)C(O)C(C(N)=O)C(=O)[C@]4(O)C(=O)C2C3=O)c1. The van der Waals surface area contributed by atoms with Crippen LogP contribution in [0.2, 0.25) is 0 Å². The fourth-order valence-electron chi connectivity index (χ4n) is 7.10. The number of amides is 1. The molecule has 2 aromatic rings. The number of ether oxygens (including phenoxy) is 2. The Morgan fingerprint density at radius 1 is 1.05 bits per heavy atom. The van der Waals surface area contributed by atoms with Crippen molar-refractivity contribution in [2.24, 2.45) is 29.4 Å². The smallest absolute Gasteiger partial charge is 0.230 e. The summed E-state index contributed by atoms with van der Waals surface area (Å²) in [5, 5.41) is 33.5. The van der Waals surface area contributed by atoms with Crippen molar-refractivity contribution in [3.8, 4) is 28.4 Å². The molecule has 0 aliphatic heterocycles. The normalized spacial score (nSPS) is 31.3. The maximum absolute atomic E-state index is 14.0. The molecule has 3 aliphatic carbocycles. The van der Waals surface area contributed by atoms with Gasteiger partial charge in [-0.1, -0.05) is 6.07 Å². The number of Topliss-reactive ketones (excluding diaryl/α,β-unsaturated/α-hetero) is 3. The highest BCUT2D eigenvalue weighted by Crippen LogP contribution is 2.53. The molecule has 3 unspecified atom stereocenters. The van der Waals surface area contributed by atoms with Gasteiger partial charge >= 0.3 is 0 Å². The Bertz CT molecular complexity index is 1440. The number of nitrogens with two attached hydrogens (primary N) is 1. The van der Waals surface area contributed by atoms with Gasteiger partial charge in [0, 0.05) is 17.5 Å². The van der Waals surface area contributed by atoms with E-state index < -0.39 is 64.7 Å². The number of likely N-dealkylation sites (N-methyl/N-ethyl adjacent to an activating group) is 1. The van der Waals surface area contributed by atoms with Crippen molar-refractivity contribution in [3.05, 3.63) is 41.5 Å². The molecule has 2 fully saturated rings. The van der Waals surface area contributed by atoms with Crippen LogP contribution in [0.1, 0.15) is 22.3 Å². The second-order valence-corrected chi connectivity index (χ2v) is 11.0. The van der Waals surface area contributed by atoms with Gasteiger partial charge < -0.3 is 35.4 Å². The van der Waals surface area contributed by atoms with Crippen molar-refractivity contribution < 1.29 is 44.0 Å². The van der Waals surface area contributed by atoms with E-state index in [1.165, 1.54) is 20.3 Å². The zero-order chi connectivity index (χ0) is 29.3. The van der Waals surface area contributed by atoms with Gasteiger partial charge in [-0.3, -0.25) is 19.2 Å². The van der Waals surface area contributed by atoms with E-state index in [-0.39, 0.29) is 24.2 Å². The second kappa shape index (κ2) is 9.69. The first-order chi connectivity index (χ1) is 18.9. The number of benzene rings is 2. The van der Waals surface area contributed by atoms with Gasteiger partial charge in [-0.15, -0.1) is 0 Å². The molecular formula is C29H32N2O9. The summed E-state index contributed by atoms with van der Waals surface area (Å²) in [6.45, 7) is 0. The molecule has 0 radical (unpaired) electrons. The Balaban J connectivity index is 1.67. The van der Waals surface area contributed by atoms with Gasteiger partial charge in [-0.2, -0.15) is 0 Å². The molecule has 2 saturated carbocycles. The lowest BCUT2D eigenvalue weighted by molar-refractivity contribution is -0.190. The number of fused-ring (bicyclic) bond motifs is 3. The standard InChI is InChI=1S/C29H32N2O9/c1-31(2)23-17-10-12-9-16-14(15-11-13(39-3)5-8-19(15)40-4)6-7-18(32)21(16)24(33)20(12)26(35)29(17,38)27(36)22(25(23)34)28(30)37/h5-8,11-12,17,20,22-23,25,32,34,38H,9-10H2,1-4H3,(H2,30,37)/t12-,17-,20?,22?,23-,25?,29-/m1/s1. The minimum absolute atomic E-state index is 0.0273. The Morgan fingerprint density at radius 3 is 2.35 bits per heavy atom. The van der Waals surface area contributed by atoms with Crippen LogP contribution in [0.25, 0.3) is 11.1 Å². The zero-order valence-electron chi connectivity index (χ0n) is 22.6. The maximum Gasteiger partial charge on any atom is 0.230 e. The average molecular weight is 553 g/mol. The van der Waals surface area contributed by atoms with Crippen molar-refractivity contribution in [3.63, 3.8) is 0 Å². The van der Waals surface area contributed by atoms with E-state index in [0.717, 1.165) is 0 Å². The molecule has 11 heteroatoms. The molecule has 5 N–H and O–H groups in total. The van der Waals surface area contributed by atoms with Crippen molar-refractivity contribution in [1.29, 1.82) is 0 Å². The Labute approximate surface area is 230 Å². The number of ketones is 3. The predicted octanol–water partition coefficient (Wildman–Crippen LogP) is 0.343. The summed E-state index contributed by atoms with van der Waals surface area (Å²) in [5.74, 6) is -8.41. The summed E-state index contributed by atoms with van der Waals surface area (Å²) >= 11 is 0. The molecule has 0 heterocycles. The Kier molecular flexibility index (Phi) is 6.72. The molecule has 3 aliphatic rings. The third-order valence-electron chi connectivity index (χ3n) is 8.87. The first kappa shape index (κ1) is 27.8. The molecule has 40 heavy (non-hydrogen) atoms. The van der Waals surface area contributed by atoms with E-state index in [1.54, 1.807) is 43.3 Å². The van der Waals surface area contributed by atoms with E-state index in [9.17, 15) is 34.5 Å². The highest BCUT2D eigenvalue weighted by atomic mass is 16.5. The minimum atomic E-state index is -2.70. The van der Waals surface area contributed by atoms with Crippen LogP contribution in [-0.4, -0.2) is 89.5 Å². The topological polar surface area (TPSA) is 177 Å². The molecule has 0 aromatic heterocycles. The van der Waals surface area contributed by atoms with E-state index in [4.69, 9.17) is 15.2 Å². The number of aromatic hydroxyl groups is 1. The Hall–Kier alpha value is -3.80. The number of aliphatic hydroxyl groups excluding tert-OH is 1. The van der Waals surface area contributed by atoms with Crippen LogP contribution >= 0.6 is 0 Å². The molecule has 0 spiro atoms. The van der Waals surface area contributed by atoms with Crippen LogP contribution in [0.5, 0.6) is 17.2 Å². The fourth-order valence-corrected chi connectivity index (χ4v) is 7.10. The fraction of sp³-hybridized carbons (Fsp3) is 0.448.